The quantitative estimate of drug-likeness (QED) is 0.141. The van der Waals surface area contributed by atoms with Crippen LogP contribution in [0.1, 0.15) is 84.6 Å². The molecule has 0 saturated carbocycles. The van der Waals surface area contributed by atoms with Gasteiger partial charge >= 0.3 is 26.2 Å². The van der Waals surface area contributed by atoms with Crippen molar-refractivity contribution in [3.05, 3.63) is 170 Å². The Bertz CT molecular complexity index is 1660. The second kappa shape index (κ2) is 21.5. The summed E-state index contributed by atoms with van der Waals surface area (Å²) in [4.78, 5) is 5.15. The standard InChI is InChI=1S/C39H41N3.2C2H6N.Zr/c1-26(2)32-19-13-20-33(27(3)4)39(32)40-25-31-16-12-21-36(41-31)34-17-10-11-18-35(34)38(30-14-8-7-9-15-30)42-37-24-28(5)22-23-29(37)6;2*1-3-2;/h7-24,26-27,38H,25H2,1-6H3;2*1-2H3;/q-2;2*-1;+4. The van der Waals surface area contributed by atoms with Crippen LogP contribution in [-0.4, -0.2) is 33.2 Å². The van der Waals surface area contributed by atoms with Crippen LogP contribution in [0.2, 0.25) is 0 Å². The molecule has 0 spiro atoms. The number of nitrogens with zero attached hydrogens (tertiary/aromatic N) is 5. The van der Waals surface area contributed by atoms with Crippen molar-refractivity contribution in [2.24, 2.45) is 0 Å². The molecular weight excluding hydrogens is 678 g/mol. The third-order valence-electron chi connectivity index (χ3n) is 7.83. The van der Waals surface area contributed by atoms with Gasteiger partial charge in [0.05, 0.1) is 5.69 Å². The summed E-state index contributed by atoms with van der Waals surface area (Å²) < 4.78 is 0. The number of pyridine rings is 1. The molecule has 1 unspecified atom stereocenters. The van der Waals surface area contributed by atoms with Crippen molar-refractivity contribution in [1.29, 1.82) is 0 Å². The molecule has 5 aromatic rings. The monoisotopic (exact) mass is 729 g/mol. The first-order valence-electron chi connectivity index (χ1n) is 16.8. The summed E-state index contributed by atoms with van der Waals surface area (Å²) in [6.07, 6.45) is 0. The average Bonchev–Trinajstić information content (AvgIpc) is 3.08. The second-order valence-corrected chi connectivity index (χ2v) is 12.6. The molecular formula is C43H53N5Zr. The van der Waals surface area contributed by atoms with Crippen molar-refractivity contribution >= 4 is 11.4 Å². The minimum Gasteiger partial charge on any atom is -0.679 e. The molecule has 1 aromatic heterocycles. The molecule has 254 valence electrons. The average molecular weight is 731 g/mol. The van der Waals surface area contributed by atoms with Gasteiger partial charge in [-0.2, -0.15) is 28.2 Å². The second-order valence-electron chi connectivity index (χ2n) is 12.6. The van der Waals surface area contributed by atoms with Gasteiger partial charge < -0.3 is 21.3 Å². The third kappa shape index (κ3) is 12.1. The summed E-state index contributed by atoms with van der Waals surface area (Å²) >= 11 is 0. The van der Waals surface area contributed by atoms with E-state index in [-0.39, 0.29) is 32.2 Å². The molecule has 0 aliphatic carbocycles. The maximum absolute atomic E-state index is 5.35. The Hall–Kier alpha value is -3.57. The molecule has 0 aliphatic heterocycles. The van der Waals surface area contributed by atoms with E-state index in [2.05, 4.69) is 161 Å². The van der Waals surface area contributed by atoms with Gasteiger partial charge in [0.25, 0.3) is 0 Å². The summed E-state index contributed by atoms with van der Waals surface area (Å²) in [5.74, 6) is 0.814. The van der Waals surface area contributed by atoms with E-state index in [0.717, 1.165) is 39.5 Å². The first-order chi connectivity index (χ1) is 23.1. The van der Waals surface area contributed by atoms with Crippen LogP contribution in [0.3, 0.4) is 0 Å². The van der Waals surface area contributed by atoms with E-state index < -0.39 is 0 Å². The number of hydrogen-bond acceptors (Lipinski definition) is 1. The molecule has 0 aliphatic rings. The fourth-order valence-corrected chi connectivity index (χ4v) is 5.50. The van der Waals surface area contributed by atoms with Crippen LogP contribution in [0.15, 0.2) is 109 Å². The first-order valence-corrected chi connectivity index (χ1v) is 16.8. The predicted octanol–water partition coefficient (Wildman–Crippen LogP) is 12.8. The Morgan fingerprint density at radius 1 is 0.612 bits per heavy atom. The summed E-state index contributed by atoms with van der Waals surface area (Å²) in [7, 11) is 7.00. The maximum atomic E-state index is 5.35. The van der Waals surface area contributed by atoms with Gasteiger partial charge in [0, 0.05) is 11.3 Å². The van der Waals surface area contributed by atoms with Gasteiger partial charge in [-0.25, -0.2) is 0 Å². The SMILES string of the molecule is C[N-]C.C[N-]C.Cc1ccc(C)c([N-]C(c2ccccc2)c2ccccc2-c2cccc(C[N-]c3c(C(C)C)cccc3C(C)C)n2)c1.[Zr+4]. The molecule has 0 fully saturated rings. The summed E-state index contributed by atoms with van der Waals surface area (Å²) in [5.41, 5.74) is 12.4. The fraction of sp³-hybridized carbons (Fsp3) is 0.326. The van der Waals surface area contributed by atoms with E-state index in [9.17, 15) is 0 Å². The molecule has 0 bridgehead atoms. The first kappa shape index (κ1) is 41.6. The van der Waals surface area contributed by atoms with Gasteiger partial charge in [0.2, 0.25) is 0 Å². The van der Waals surface area contributed by atoms with E-state index in [1.165, 1.54) is 22.3 Å². The largest absolute Gasteiger partial charge is 4.00 e. The number of aromatic nitrogens is 1. The van der Waals surface area contributed by atoms with Gasteiger partial charge in [-0.3, -0.25) is 4.98 Å². The number of hydrogen-bond donors (Lipinski definition) is 0. The minimum atomic E-state index is -0.162. The molecule has 1 atom stereocenters. The molecule has 5 nitrogen and oxygen atoms in total. The molecule has 1 heterocycles. The number of para-hydroxylation sites is 1. The van der Waals surface area contributed by atoms with Crippen LogP contribution < -0.4 is 0 Å². The predicted molar refractivity (Wildman–Crippen MR) is 209 cm³/mol. The molecule has 0 saturated heterocycles. The zero-order valence-corrected chi connectivity index (χ0v) is 33.5. The Morgan fingerprint density at radius 2 is 1.16 bits per heavy atom. The summed E-state index contributed by atoms with van der Waals surface area (Å²) in [6.45, 7) is 13.7. The molecule has 49 heavy (non-hydrogen) atoms. The van der Waals surface area contributed by atoms with E-state index in [1.54, 1.807) is 28.2 Å². The topological polar surface area (TPSA) is 69.3 Å². The normalized spacial score (nSPS) is 11.0. The van der Waals surface area contributed by atoms with Crippen molar-refractivity contribution in [2.45, 2.75) is 66.0 Å². The molecule has 6 heteroatoms. The van der Waals surface area contributed by atoms with Crippen molar-refractivity contribution in [3.8, 4) is 11.3 Å². The van der Waals surface area contributed by atoms with Crippen molar-refractivity contribution in [3.63, 3.8) is 0 Å². The van der Waals surface area contributed by atoms with Crippen LogP contribution in [0, 0.1) is 13.8 Å². The van der Waals surface area contributed by atoms with E-state index in [0.29, 0.717) is 18.4 Å². The molecule has 0 N–H and O–H groups in total. The van der Waals surface area contributed by atoms with Crippen molar-refractivity contribution in [2.75, 3.05) is 28.2 Å². The van der Waals surface area contributed by atoms with E-state index in [4.69, 9.17) is 15.6 Å². The maximum Gasteiger partial charge on any atom is 4.00 e. The van der Waals surface area contributed by atoms with E-state index in [1.807, 2.05) is 0 Å². The Morgan fingerprint density at radius 3 is 1.78 bits per heavy atom. The molecule has 4 aromatic carbocycles. The Kier molecular flexibility index (Phi) is 18.3. The number of rotatable bonds is 10. The van der Waals surface area contributed by atoms with Gasteiger partial charge in [0.15, 0.2) is 0 Å². The van der Waals surface area contributed by atoms with E-state index >= 15 is 0 Å². The van der Waals surface area contributed by atoms with Crippen LogP contribution in [-0.2, 0) is 32.7 Å². The molecule has 5 rings (SSSR count). The van der Waals surface area contributed by atoms with Crippen LogP contribution in [0.4, 0.5) is 11.4 Å². The fourth-order valence-electron chi connectivity index (χ4n) is 5.50. The smallest absolute Gasteiger partial charge is 0.679 e. The number of benzene rings is 4. The Balaban J connectivity index is 0.00000111. The van der Waals surface area contributed by atoms with Gasteiger partial charge in [-0.15, -0.1) is 11.4 Å². The zero-order valence-electron chi connectivity index (χ0n) is 31.1. The molecule has 0 radical (unpaired) electrons. The van der Waals surface area contributed by atoms with Crippen LogP contribution in [0.5, 0.6) is 0 Å². The van der Waals surface area contributed by atoms with Crippen LogP contribution in [0.25, 0.3) is 32.5 Å². The van der Waals surface area contributed by atoms with Gasteiger partial charge in [-0.05, 0) is 43.4 Å². The summed E-state index contributed by atoms with van der Waals surface area (Å²) in [5, 5.41) is 17.5. The van der Waals surface area contributed by atoms with Gasteiger partial charge in [-0.1, -0.05) is 165 Å². The van der Waals surface area contributed by atoms with Crippen molar-refractivity contribution in [1.82, 2.24) is 4.98 Å². The third-order valence-corrected chi connectivity index (χ3v) is 7.83. The zero-order chi connectivity index (χ0) is 35.1. The Labute approximate surface area is 315 Å². The minimum absolute atomic E-state index is 0. The van der Waals surface area contributed by atoms with Gasteiger partial charge in [0.1, 0.15) is 0 Å². The number of aryl methyl sites for hydroxylation is 2. The molecule has 0 amide bonds. The van der Waals surface area contributed by atoms with Crippen LogP contribution >= 0.6 is 0 Å². The van der Waals surface area contributed by atoms with Crippen molar-refractivity contribution < 1.29 is 26.2 Å². The summed E-state index contributed by atoms with van der Waals surface area (Å²) in [6, 6.07) is 38.3.